The molecule has 0 fully saturated rings. The highest BCUT2D eigenvalue weighted by Gasteiger charge is 2.16. The van der Waals surface area contributed by atoms with Crippen LogP contribution < -0.4 is 10.9 Å². The van der Waals surface area contributed by atoms with Crippen LogP contribution in [0.15, 0.2) is 24.3 Å². The Morgan fingerprint density at radius 2 is 1.61 bits per heavy atom. The summed E-state index contributed by atoms with van der Waals surface area (Å²) >= 11 is 5.77. The molecule has 0 aliphatic rings. The van der Waals surface area contributed by atoms with Crippen LogP contribution >= 0.6 is 11.6 Å². The molecule has 6 heteroatoms. The van der Waals surface area contributed by atoms with Crippen LogP contribution in [0.25, 0.3) is 11.4 Å². The monoisotopic (exact) mass is 278 g/mol. The van der Waals surface area contributed by atoms with Gasteiger partial charge >= 0.3 is 0 Å². The lowest BCUT2D eigenvalue weighted by molar-refractivity contribution is 1.07. The van der Waals surface area contributed by atoms with Gasteiger partial charge in [-0.15, -0.1) is 0 Å². The van der Waals surface area contributed by atoms with Crippen molar-refractivity contribution in [3.8, 4) is 11.4 Å². The van der Waals surface area contributed by atoms with Crippen LogP contribution in [-0.4, -0.2) is 23.0 Å². The number of benzene rings is 1. The van der Waals surface area contributed by atoms with Crippen LogP contribution in [0.1, 0.15) is 0 Å². The summed E-state index contributed by atoms with van der Waals surface area (Å²) in [7, 11) is -1.28. The van der Waals surface area contributed by atoms with Crippen molar-refractivity contribution in [3.63, 3.8) is 0 Å². The number of nitrogen functional groups attached to an aromatic ring is 1. The molecule has 0 saturated heterocycles. The van der Waals surface area contributed by atoms with Crippen molar-refractivity contribution in [2.75, 3.05) is 5.73 Å². The number of nitrogens with two attached hydrogens (primary N) is 1. The number of hydrogen-bond acceptors (Lipinski definition) is 4. The zero-order valence-corrected chi connectivity index (χ0v) is 12.4. The van der Waals surface area contributed by atoms with Crippen molar-refractivity contribution < 1.29 is 0 Å². The number of halogens is 1. The van der Waals surface area contributed by atoms with Gasteiger partial charge in [0.25, 0.3) is 0 Å². The van der Waals surface area contributed by atoms with Gasteiger partial charge in [-0.3, -0.25) is 0 Å². The molecule has 0 radical (unpaired) electrons. The Morgan fingerprint density at radius 3 is 2.11 bits per heavy atom. The second-order valence-corrected chi connectivity index (χ2v) is 10.5. The molecule has 0 spiro atoms. The Morgan fingerprint density at radius 1 is 1.00 bits per heavy atom. The van der Waals surface area contributed by atoms with E-state index in [0.717, 1.165) is 5.56 Å². The van der Waals surface area contributed by atoms with Crippen LogP contribution in [0.4, 0.5) is 5.95 Å². The lowest BCUT2D eigenvalue weighted by atomic mass is 10.2. The van der Waals surface area contributed by atoms with Gasteiger partial charge < -0.3 is 5.73 Å². The van der Waals surface area contributed by atoms with Crippen LogP contribution in [0, 0.1) is 0 Å². The van der Waals surface area contributed by atoms with Crippen LogP contribution in [0.5, 0.6) is 0 Å². The molecule has 2 rings (SSSR count). The van der Waals surface area contributed by atoms with Gasteiger partial charge in [0.05, 0.1) is 8.07 Å². The number of aromatic nitrogens is 3. The van der Waals surface area contributed by atoms with Crippen molar-refractivity contribution in [2.24, 2.45) is 0 Å². The summed E-state index contributed by atoms with van der Waals surface area (Å²) in [5.74, 6) is 0.647. The molecule has 18 heavy (non-hydrogen) atoms. The van der Waals surface area contributed by atoms with E-state index in [1.54, 1.807) is 0 Å². The highest BCUT2D eigenvalue weighted by molar-refractivity contribution is 6.88. The van der Waals surface area contributed by atoms with E-state index in [-0.39, 0.29) is 11.2 Å². The number of hydrogen-bond donors (Lipinski definition) is 1. The summed E-state index contributed by atoms with van der Waals surface area (Å²) in [5.41, 5.74) is 6.45. The summed E-state index contributed by atoms with van der Waals surface area (Å²) in [5, 5.41) is 1.51. The van der Waals surface area contributed by atoms with Crippen molar-refractivity contribution in [2.45, 2.75) is 19.6 Å². The average Bonchev–Trinajstić information content (AvgIpc) is 2.27. The third-order valence-electron chi connectivity index (χ3n) is 2.63. The molecule has 4 nitrogen and oxygen atoms in total. The first-order valence-corrected chi connectivity index (χ1v) is 9.52. The van der Waals surface area contributed by atoms with E-state index < -0.39 is 8.07 Å². The Bertz CT molecular complexity index is 543. The van der Waals surface area contributed by atoms with Gasteiger partial charge in [-0.1, -0.05) is 49.1 Å². The lowest BCUT2D eigenvalue weighted by Crippen LogP contribution is -2.37. The summed E-state index contributed by atoms with van der Waals surface area (Å²) in [4.78, 5) is 11.9. The molecule has 0 saturated carbocycles. The second-order valence-electron chi connectivity index (χ2n) is 5.11. The van der Waals surface area contributed by atoms with Gasteiger partial charge in [0.15, 0.2) is 5.82 Å². The second kappa shape index (κ2) is 4.66. The SMILES string of the molecule is C[Si](C)(C)c1ccc(-c2nc(N)nc(Cl)n2)cc1. The lowest BCUT2D eigenvalue weighted by Gasteiger charge is -2.16. The summed E-state index contributed by atoms with van der Waals surface area (Å²) in [6.07, 6.45) is 0. The Kier molecular flexibility index (Phi) is 3.36. The van der Waals surface area contributed by atoms with Gasteiger partial charge in [0.2, 0.25) is 11.2 Å². The highest BCUT2D eigenvalue weighted by Crippen LogP contribution is 2.16. The predicted octanol–water partition coefficient (Wildman–Crippen LogP) is 2.32. The van der Waals surface area contributed by atoms with E-state index in [9.17, 15) is 0 Å². The number of anilines is 1. The van der Waals surface area contributed by atoms with Crippen LogP contribution in [0.2, 0.25) is 24.9 Å². The van der Waals surface area contributed by atoms with Crippen LogP contribution in [0.3, 0.4) is 0 Å². The van der Waals surface area contributed by atoms with Gasteiger partial charge in [-0.25, -0.2) is 0 Å². The largest absolute Gasteiger partial charge is 0.368 e. The Labute approximate surface area is 112 Å². The fourth-order valence-corrected chi connectivity index (χ4v) is 2.95. The number of nitrogens with zero attached hydrogens (tertiary/aromatic N) is 3. The standard InChI is InChI=1S/C12H15ClN4Si/c1-18(2,3)9-6-4-8(5-7-9)10-15-11(13)17-12(14)16-10/h4-7H,1-3H3,(H2,14,15,16,17). The molecule has 0 aliphatic carbocycles. The molecule has 0 aliphatic heterocycles. The Hall–Kier alpha value is -1.46. The first-order valence-electron chi connectivity index (χ1n) is 5.64. The van der Waals surface area contributed by atoms with E-state index in [2.05, 4.69) is 46.7 Å². The van der Waals surface area contributed by atoms with E-state index in [4.69, 9.17) is 17.3 Å². The van der Waals surface area contributed by atoms with Crippen molar-refractivity contribution in [1.29, 1.82) is 0 Å². The average molecular weight is 279 g/mol. The van der Waals surface area contributed by atoms with E-state index in [0.29, 0.717) is 5.82 Å². The number of rotatable bonds is 2. The minimum Gasteiger partial charge on any atom is -0.368 e. The minimum absolute atomic E-state index is 0.117. The molecular formula is C12H15ClN4Si. The molecule has 0 bridgehead atoms. The van der Waals surface area contributed by atoms with E-state index in [1.807, 2.05) is 12.1 Å². The molecule has 1 aromatic heterocycles. The van der Waals surface area contributed by atoms with Crippen molar-refractivity contribution >= 4 is 30.8 Å². The molecule has 94 valence electrons. The van der Waals surface area contributed by atoms with Gasteiger partial charge in [0.1, 0.15) is 0 Å². The molecule has 2 N–H and O–H groups in total. The smallest absolute Gasteiger partial charge is 0.227 e. The molecule has 0 atom stereocenters. The fraction of sp³-hybridized carbons (Fsp3) is 0.250. The molecule has 0 unspecified atom stereocenters. The third kappa shape index (κ3) is 2.86. The maximum atomic E-state index is 5.77. The molecule has 2 aromatic rings. The van der Waals surface area contributed by atoms with Crippen LogP contribution in [-0.2, 0) is 0 Å². The predicted molar refractivity (Wildman–Crippen MR) is 77.7 cm³/mol. The molecule has 1 heterocycles. The summed E-state index contributed by atoms with van der Waals surface area (Å²) in [6.45, 7) is 6.92. The van der Waals surface area contributed by atoms with Gasteiger partial charge in [-0.05, 0) is 11.6 Å². The van der Waals surface area contributed by atoms with Gasteiger partial charge in [-0.2, -0.15) is 15.0 Å². The topological polar surface area (TPSA) is 64.7 Å². The van der Waals surface area contributed by atoms with E-state index >= 15 is 0 Å². The highest BCUT2D eigenvalue weighted by atomic mass is 35.5. The fourth-order valence-electron chi connectivity index (χ4n) is 1.61. The quantitative estimate of drug-likeness (QED) is 0.856. The molecule has 1 aromatic carbocycles. The first kappa shape index (κ1) is 13.0. The molecular weight excluding hydrogens is 264 g/mol. The minimum atomic E-state index is -1.28. The normalized spacial score (nSPS) is 11.6. The van der Waals surface area contributed by atoms with Crippen molar-refractivity contribution in [1.82, 2.24) is 15.0 Å². The summed E-state index contributed by atoms with van der Waals surface area (Å²) in [6, 6.07) is 8.24. The maximum Gasteiger partial charge on any atom is 0.227 e. The first-order chi connectivity index (χ1) is 8.36. The van der Waals surface area contributed by atoms with E-state index in [1.165, 1.54) is 5.19 Å². The third-order valence-corrected chi connectivity index (χ3v) is 4.87. The zero-order valence-electron chi connectivity index (χ0n) is 10.6. The Balaban J connectivity index is 2.40. The zero-order chi connectivity index (χ0) is 13.3. The van der Waals surface area contributed by atoms with Crippen molar-refractivity contribution in [3.05, 3.63) is 29.5 Å². The molecule has 0 amide bonds. The maximum absolute atomic E-state index is 5.77. The van der Waals surface area contributed by atoms with Gasteiger partial charge in [0, 0.05) is 5.56 Å². The summed E-state index contributed by atoms with van der Waals surface area (Å²) < 4.78 is 0.